The van der Waals surface area contributed by atoms with Gasteiger partial charge in [0.15, 0.2) is 11.5 Å². The van der Waals surface area contributed by atoms with Crippen LogP contribution >= 0.6 is 0 Å². The smallest absolute Gasteiger partial charge is 0.324 e. The average Bonchev–Trinajstić information content (AvgIpc) is 3.23. The van der Waals surface area contributed by atoms with Crippen molar-refractivity contribution in [2.24, 2.45) is 0 Å². The zero-order chi connectivity index (χ0) is 17.2. The summed E-state index contributed by atoms with van der Waals surface area (Å²) in [6.07, 6.45) is 4.84. The van der Waals surface area contributed by atoms with Gasteiger partial charge in [0.05, 0.1) is 0 Å². The van der Waals surface area contributed by atoms with Gasteiger partial charge >= 0.3 is 6.03 Å². The summed E-state index contributed by atoms with van der Waals surface area (Å²) in [7, 11) is 0. The maximum absolute atomic E-state index is 12.2. The maximum Gasteiger partial charge on any atom is 0.324 e. The molecule has 0 atom stereocenters. The summed E-state index contributed by atoms with van der Waals surface area (Å²) in [6.45, 7) is 2.05. The lowest BCUT2D eigenvalue weighted by atomic mass is 10.3. The molecule has 9 heteroatoms. The van der Waals surface area contributed by atoms with Gasteiger partial charge in [-0.3, -0.25) is 9.88 Å². The minimum atomic E-state index is -0.425. The SMILES string of the molecule is Cc1nccn1-c1cc(NC(=O)Nc2ccc3c(c2)OCO3)ncn1. The molecule has 0 fully saturated rings. The number of hydrogen-bond acceptors (Lipinski definition) is 6. The molecule has 0 spiro atoms. The first kappa shape index (κ1) is 14.9. The molecule has 1 aliphatic rings. The minimum Gasteiger partial charge on any atom is -0.454 e. The highest BCUT2D eigenvalue weighted by molar-refractivity contribution is 5.99. The normalized spacial score (nSPS) is 12.0. The van der Waals surface area contributed by atoms with Gasteiger partial charge in [-0.2, -0.15) is 0 Å². The summed E-state index contributed by atoms with van der Waals surface area (Å²) in [6, 6.07) is 6.40. The molecule has 25 heavy (non-hydrogen) atoms. The summed E-state index contributed by atoms with van der Waals surface area (Å²) in [5.41, 5.74) is 0.585. The maximum atomic E-state index is 12.2. The molecule has 0 unspecified atom stereocenters. The number of amides is 2. The summed E-state index contributed by atoms with van der Waals surface area (Å²) in [5.74, 6) is 3.02. The van der Waals surface area contributed by atoms with Crippen LogP contribution in [-0.2, 0) is 0 Å². The number of anilines is 2. The second-order valence-corrected chi connectivity index (χ2v) is 5.25. The van der Waals surface area contributed by atoms with Crippen LogP contribution in [0.3, 0.4) is 0 Å². The van der Waals surface area contributed by atoms with E-state index in [2.05, 4.69) is 25.6 Å². The van der Waals surface area contributed by atoms with E-state index >= 15 is 0 Å². The van der Waals surface area contributed by atoms with Crippen LogP contribution < -0.4 is 20.1 Å². The lowest BCUT2D eigenvalue weighted by molar-refractivity contribution is 0.174. The van der Waals surface area contributed by atoms with Gasteiger partial charge in [0, 0.05) is 30.2 Å². The summed E-state index contributed by atoms with van der Waals surface area (Å²) in [5, 5.41) is 5.39. The van der Waals surface area contributed by atoms with E-state index in [4.69, 9.17) is 9.47 Å². The van der Waals surface area contributed by atoms with Crippen molar-refractivity contribution in [3.63, 3.8) is 0 Å². The molecule has 0 radical (unpaired) electrons. The Morgan fingerprint density at radius 1 is 1.12 bits per heavy atom. The molecule has 0 saturated heterocycles. The molecule has 0 saturated carbocycles. The number of benzene rings is 1. The first-order chi connectivity index (χ1) is 12.2. The molecule has 0 aliphatic carbocycles. The third-order valence-electron chi connectivity index (χ3n) is 3.60. The molecule has 9 nitrogen and oxygen atoms in total. The molecule has 2 N–H and O–H groups in total. The van der Waals surface area contributed by atoms with Gasteiger partial charge in [-0.05, 0) is 19.1 Å². The fraction of sp³-hybridized carbons (Fsp3) is 0.125. The number of ether oxygens (including phenoxy) is 2. The number of carbonyl (C=O) groups excluding carboxylic acids is 1. The predicted octanol–water partition coefficient (Wildman–Crippen LogP) is 2.34. The van der Waals surface area contributed by atoms with Crippen molar-refractivity contribution < 1.29 is 14.3 Å². The number of fused-ring (bicyclic) bond motifs is 1. The van der Waals surface area contributed by atoms with E-state index in [1.54, 1.807) is 41.2 Å². The zero-order valence-corrected chi connectivity index (χ0v) is 13.3. The number of carbonyl (C=O) groups is 1. The Labute approximate surface area is 142 Å². The van der Waals surface area contributed by atoms with Gasteiger partial charge in [-0.25, -0.2) is 19.7 Å². The molecule has 2 amide bonds. The number of nitrogens with one attached hydrogen (secondary N) is 2. The number of nitrogens with zero attached hydrogens (tertiary/aromatic N) is 4. The molecule has 126 valence electrons. The van der Waals surface area contributed by atoms with Crippen molar-refractivity contribution in [1.82, 2.24) is 19.5 Å². The van der Waals surface area contributed by atoms with E-state index < -0.39 is 6.03 Å². The standard InChI is InChI=1S/C16H14N6O3/c1-10-17-4-5-22(10)15-7-14(18-8-19-15)21-16(23)20-11-2-3-12-13(6-11)25-9-24-12/h2-8H,9H2,1H3,(H2,18,19,20,21,23). The van der Waals surface area contributed by atoms with Crippen molar-refractivity contribution >= 4 is 17.5 Å². The van der Waals surface area contributed by atoms with Crippen LogP contribution in [0.2, 0.25) is 0 Å². The Kier molecular flexibility index (Phi) is 3.65. The molecule has 2 aromatic heterocycles. The Bertz CT molecular complexity index is 939. The van der Waals surface area contributed by atoms with Crippen LogP contribution in [0.15, 0.2) is 43.0 Å². The Morgan fingerprint density at radius 3 is 2.84 bits per heavy atom. The summed E-state index contributed by atoms with van der Waals surface area (Å²) < 4.78 is 12.3. The van der Waals surface area contributed by atoms with Crippen LogP contribution in [0.4, 0.5) is 16.3 Å². The van der Waals surface area contributed by atoms with Crippen molar-refractivity contribution in [3.05, 3.63) is 48.8 Å². The highest BCUT2D eigenvalue weighted by atomic mass is 16.7. The van der Waals surface area contributed by atoms with Crippen LogP contribution in [-0.4, -0.2) is 32.3 Å². The lowest BCUT2D eigenvalue weighted by Crippen LogP contribution is -2.20. The van der Waals surface area contributed by atoms with Crippen molar-refractivity contribution in [2.45, 2.75) is 6.92 Å². The second-order valence-electron chi connectivity index (χ2n) is 5.25. The zero-order valence-electron chi connectivity index (χ0n) is 13.3. The van der Waals surface area contributed by atoms with E-state index in [0.717, 1.165) is 5.82 Å². The highest BCUT2D eigenvalue weighted by Crippen LogP contribution is 2.34. The average molecular weight is 338 g/mol. The van der Waals surface area contributed by atoms with E-state index in [0.29, 0.717) is 28.8 Å². The third kappa shape index (κ3) is 3.07. The largest absolute Gasteiger partial charge is 0.454 e. The molecule has 4 rings (SSSR count). The Morgan fingerprint density at radius 2 is 2.00 bits per heavy atom. The molecule has 3 heterocycles. The van der Waals surface area contributed by atoms with Gasteiger partial charge < -0.3 is 14.8 Å². The van der Waals surface area contributed by atoms with Crippen molar-refractivity contribution in [3.8, 4) is 17.3 Å². The Hall–Kier alpha value is -3.62. The van der Waals surface area contributed by atoms with Gasteiger partial charge in [0.25, 0.3) is 0 Å². The fourth-order valence-corrected chi connectivity index (χ4v) is 2.42. The van der Waals surface area contributed by atoms with E-state index in [1.165, 1.54) is 6.33 Å². The van der Waals surface area contributed by atoms with Crippen molar-refractivity contribution in [1.29, 1.82) is 0 Å². The van der Waals surface area contributed by atoms with Gasteiger partial charge in [0.2, 0.25) is 6.79 Å². The summed E-state index contributed by atoms with van der Waals surface area (Å²) >= 11 is 0. The first-order valence-corrected chi connectivity index (χ1v) is 7.49. The molecule has 3 aromatic rings. The third-order valence-corrected chi connectivity index (χ3v) is 3.60. The monoisotopic (exact) mass is 338 g/mol. The molecule has 0 bridgehead atoms. The highest BCUT2D eigenvalue weighted by Gasteiger charge is 2.14. The first-order valence-electron chi connectivity index (χ1n) is 7.49. The van der Waals surface area contributed by atoms with Gasteiger partial charge in [0.1, 0.15) is 23.8 Å². The topological polar surface area (TPSA) is 103 Å². The number of aryl methyl sites for hydroxylation is 1. The number of urea groups is 1. The molecule has 1 aromatic carbocycles. The molecular weight excluding hydrogens is 324 g/mol. The van der Waals surface area contributed by atoms with Crippen LogP contribution in [0.5, 0.6) is 11.5 Å². The van der Waals surface area contributed by atoms with E-state index in [9.17, 15) is 4.79 Å². The number of aromatic nitrogens is 4. The predicted molar refractivity (Wildman–Crippen MR) is 89.1 cm³/mol. The van der Waals surface area contributed by atoms with Crippen molar-refractivity contribution in [2.75, 3.05) is 17.4 Å². The number of rotatable bonds is 3. The lowest BCUT2D eigenvalue weighted by Gasteiger charge is -2.09. The fourth-order valence-electron chi connectivity index (χ4n) is 2.42. The van der Waals surface area contributed by atoms with Gasteiger partial charge in [-0.15, -0.1) is 0 Å². The van der Waals surface area contributed by atoms with E-state index in [1.807, 2.05) is 6.92 Å². The number of imidazole rings is 1. The van der Waals surface area contributed by atoms with Crippen LogP contribution in [0.1, 0.15) is 5.82 Å². The second kappa shape index (κ2) is 6.11. The minimum absolute atomic E-state index is 0.183. The molecule has 1 aliphatic heterocycles. The van der Waals surface area contributed by atoms with Gasteiger partial charge in [-0.1, -0.05) is 0 Å². The molecular formula is C16H14N6O3. The Balaban J connectivity index is 1.47. The van der Waals surface area contributed by atoms with Crippen LogP contribution in [0, 0.1) is 6.92 Å². The number of hydrogen-bond donors (Lipinski definition) is 2. The van der Waals surface area contributed by atoms with E-state index in [-0.39, 0.29) is 6.79 Å². The summed E-state index contributed by atoms with van der Waals surface area (Å²) in [4.78, 5) is 24.6. The quantitative estimate of drug-likeness (QED) is 0.760. The van der Waals surface area contributed by atoms with Crippen LogP contribution in [0.25, 0.3) is 5.82 Å².